The molecule has 0 radical (unpaired) electrons. The molecule has 0 saturated carbocycles. The zero-order valence-corrected chi connectivity index (χ0v) is 19.3. The fraction of sp³-hybridized carbons (Fsp3) is 0.208. The fourth-order valence-electron chi connectivity index (χ4n) is 5.15. The Labute approximate surface area is 206 Å². The molecule has 2 aliphatic rings. The molecule has 1 unspecified atom stereocenters. The lowest BCUT2D eigenvalue weighted by Crippen LogP contribution is -2.55. The first-order valence-electron chi connectivity index (χ1n) is 10.9. The standard InChI is InChI=1S/C24H18F3N5O5/c1-30-10-14(13-8-7-12(32(36)37)9-17(13)30)18-19(21(34)28-20(18)33)23(29-22(35)24(25,26)27)11-31(2)16-6-4-3-5-15(16)23/h3-10H,11H2,1-2H3,(H,29,35)(H,28,33,34). The number of aromatic nitrogens is 1. The van der Waals surface area contributed by atoms with Crippen LogP contribution in [-0.4, -0.2) is 47.0 Å². The Morgan fingerprint density at radius 2 is 1.84 bits per heavy atom. The van der Waals surface area contributed by atoms with Crippen molar-refractivity contribution in [3.8, 4) is 0 Å². The molecule has 2 aromatic carbocycles. The summed E-state index contributed by atoms with van der Waals surface area (Å²) in [4.78, 5) is 50.9. The highest BCUT2D eigenvalue weighted by Crippen LogP contribution is 2.48. The van der Waals surface area contributed by atoms with Crippen molar-refractivity contribution in [1.82, 2.24) is 15.2 Å². The molecule has 3 amide bonds. The fourth-order valence-corrected chi connectivity index (χ4v) is 5.15. The van der Waals surface area contributed by atoms with E-state index < -0.39 is 34.4 Å². The van der Waals surface area contributed by atoms with E-state index in [0.717, 1.165) is 0 Å². The van der Waals surface area contributed by atoms with E-state index >= 15 is 0 Å². The molecule has 0 fully saturated rings. The van der Waals surface area contributed by atoms with E-state index in [1.807, 2.05) is 5.32 Å². The smallest absolute Gasteiger partial charge is 0.371 e. The maximum absolute atomic E-state index is 13.5. The van der Waals surface area contributed by atoms with Crippen LogP contribution < -0.4 is 15.5 Å². The molecule has 0 spiro atoms. The first-order chi connectivity index (χ1) is 17.3. The third-order valence-electron chi connectivity index (χ3n) is 6.65. The number of halogens is 3. The zero-order valence-electron chi connectivity index (χ0n) is 19.3. The number of imide groups is 1. The van der Waals surface area contributed by atoms with E-state index in [1.54, 1.807) is 37.2 Å². The number of nitrogens with one attached hydrogen (secondary N) is 2. The summed E-state index contributed by atoms with van der Waals surface area (Å²) in [5.74, 6) is -4.09. The van der Waals surface area contributed by atoms with E-state index in [1.165, 1.54) is 35.0 Å². The molecule has 1 aromatic heterocycles. The van der Waals surface area contributed by atoms with Gasteiger partial charge in [0.05, 0.1) is 21.6 Å². The number of nitro benzene ring substituents is 1. The Hall–Kier alpha value is -4.68. The second kappa shape index (κ2) is 7.91. The number of carbonyl (C=O) groups is 3. The predicted molar refractivity (Wildman–Crippen MR) is 125 cm³/mol. The molecule has 0 bridgehead atoms. The average Bonchev–Trinajstić information content (AvgIpc) is 3.42. The van der Waals surface area contributed by atoms with Crippen molar-refractivity contribution in [1.29, 1.82) is 0 Å². The average molecular weight is 513 g/mol. The molecule has 0 aliphatic carbocycles. The molecular formula is C24H18F3N5O5. The highest BCUT2D eigenvalue weighted by Gasteiger charge is 2.55. The van der Waals surface area contributed by atoms with Crippen LogP contribution in [0.3, 0.4) is 0 Å². The second-order valence-electron chi connectivity index (χ2n) is 8.88. The highest BCUT2D eigenvalue weighted by atomic mass is 19.4. The normalized spacial score (nSPS) is 19.4. The van der Waals surface area contributed by atoms with Gasteiger partial charge in [-0.05, 0) is 12.1 Å². The minimum Gasteiger partial charge on any atom is -0.371 e. The number of rotatable bonds is 4. The lowest BCUT2D eigenvalue weighted by Gasteiger charge is -2.32. The van der Waals surface area contributed by atoms with Crippen LogP contribution in [0.1, 0.15) is 11.1 Å². The van der Waals surface area contributed by atoms with Crippen molar-refractivity contribution in [2.45, 2.75) is 11.7 Å². The molecule has 13 heteroatoms. The summed E-state index contributed by atoms with van der Waals surface area (Å²) < 4.78 is 41.9. The third-order valence-corrected chi connectivity index (χ3v) is 6.65. The van der Waals surface area contributed by atoms with Gasteiger partial charge in [0.25, 0.3) is 17.5 Å². The number of nitro groups is 1. The summed E-state index contributed by atoms with van der Waals surface area (Å²) >= 11 is 0. The van der Waals surface area contributed by atoms with Gasteiger partial charge in [0.2, 0.25) is 0 Å². The van der Waals surface area contributed by atoms with Gasteiger partial charge in [-0.1, -0.05) is 18.2 Å². The lowest BCUT2D eigenvalue weighted by atomic mass is 9.80. The number of benzene rings is 2. The van der Waals surface area contributed by atoms with Crippen molar-refractivity contribution >= 4 is 45.6 Å². The second-order valence-corrected chi connectivity index (χ2v) is 8.88. The molecular weight excluding hydrogens is 495 g/mol. The lowest BCUT2D eigenvalue weighted by molar-refractivity contribution is -0.384. The Balaban J connectivity index is 1.83. The van der Waals surface area contributed by atoms with Gasteiger partial charge in [-0.3, -0.25) is 29.8 Å². The molecule has 1 atom stereocenters. The molecule has 2 aliphatic heterocycles. The monoisotopic (exact) mass is 513 g/mol. The summed E-state index contributed by atoms with van der Waals surface area (Å²) in [6.07, 6.45) is -3.80. The first kappa shape index (κ1) is 24.0. The predicted octanol–water partition coefficient (Wildman–Crippen LogP) is 2.52. The number of alkyl halides is 3. The van der Waals surface area contributed by atoms with Crippen LogP contribution >= 0.6 is 0 Å². The number of nitrogens with zero attached hydrogens (tertiary/aromatic N) is 3. The van der Waals surface area contributed by atoms with E-state index in [0.29, 0.717) is 16.6 Å². The summed E-state index contributed by atoms with van der Waals surface area (Å²) in [5, 5.41) is 15.8. The van der Waals surface area contributed by atoms with E-state index in [9.17, 15) is 37.7 Å². The van der Waals surface area contributed by atoms with Crippen molar-refractivity contribution in [2.75, 3.05) is 18.5 Å². The van der Waals surface area contributed by atoms with Gasteiger partial charge in [-0.25, -0.2) is 0 Å². The van der Waals surface area contributed by atoms with E-state index in [2.05, 4.69) is 5.32 Å². The number of para-hydroxylation sites is 1. The molecule has 2 N–H and O–H groups in total. The number of hydrogen-bond donors (Lipinski definition) is 2. The maximum atomic E-state index is 13.5. The van der Waals surface area contributed by atoms with E-state index in [-0.39, 0.29) is 34.5 Å². The summed E-state index contributed by atoms with van der Waals surface area (Å²) in [6, 6.07) is 10.2. The summed E-state index contributed by atoms with van der Waals surface area (Å²) in [7, 11) is 3.16. The van der Waals surface area contributed by atoms with Gasteiger partial charge in [0, 0.05) is 61.2 Å². The van der Waals surface area contributed by atoms with Gasteiger partial charge in [-0.2, -0.15) is 13.2 Å². The van der Waals surface area contributed by atoms with Crippen LogP contribution in [0.5, 0.6) is 0 Å². The summed E-state index contributed by atoms with van der Waals surface area (Å²) in [6.45, 7) is -0.260. The molecule has 3 aromatic rings. The molecule has 10 nitrogen and oxygen atoms in total. The first-order valence-corrected chi connectivity index (χ1v) is 10.9. The largest absolute Gasteiger partial charge is 0.471 e. The van der Waals surface area contributed by atoms with Gasteiger partial charge in [0.15, 0.2) is 0 Å². The molecule has 0 saturated heterocycles. The van der Waals surface area contributed by atoms with Crippen LogP contribution in [-0.2, 0) is 27.0 Å². The number of fused-ring (bicyclic) bond motifs is 2. The van der Waals surface area contributed by atoms with Crippen LogP contribution in [0.2, 0.25) is 0 Å². The molecule has 190 valence electrons. The van der Waals surface area contributed by atoms with Gasteiger partial charge in [0.1, 0.15) is 5.54 Å². The number of carbonyl (C=O) groups excluding carboxylic acids is 3. The molecule has 37 heavy (non-hydrogen) atoms. The molecule has 3 heterocycles. The van der Waals surface area contributed by atoms with Crippen LogP contribution in [0, 0.1) is 10.1 Å². The van der Waals surface area contributed by atoms with Crippen LogP contribution in [0.25, 0.3) is 16.5 Å². The van der Waals surface area contributed by atoms with Gasteiger partial charge < -0.3 is 14.8 Å². The number of aryl methyl sites for hydroxylation is 1. The Bertz CT molecular complexity index is 1570. The summed E-state index contributed by atoms with van der Waals surface area (Å²) in [5.41, 5.74) is -1.58. The van der Waals surface area contributed by atoms with Crippen LogP contribution in [0.15, 0.2) is 54.2 Å². The minimum absolute atomic E-state index is 0.179. The Morgan fingerprint density at radius 3 is 2.51 bits per heavy atom. The Kier molecular flexibility index (Phi) is 5.14. The number of hydrogen-bond acceptors (Lipinski definition) is 6. The highest BCUT2D eigenvalue weighted by molar-refractivity contribution is 6.38. The molecule has 5 rings (SSSR count). The van der Waals surface area contributed by atoms with Crippen LogP contribution in [0.4, 0.5) is 24.5 Å². The topological polar surface area (TPSA) is 127 Å². The maximum Gasteiger partial charge on any atom is 0.471 e. The van der Waals surface area contributed by atoms with Crippen molar-refractivity contribution in [3.63, 3.8) is 0 Å². The quantitative estimate of drug-likeness (QED) is 0.314. The number of likely N-dealkylation sites (N-methyl/N-ethyl adjacent to an activating group) is 1. The number of amides is 3. The van der Waals surface area contributed by atoms with E-state index in [4.69, 9.17) is 0 Å². The van der Waals surface area contributed by atoms with Gasteiger partial charge >= 0.3 is 12.1 Å². The van der Waals surface area contributed by atoms with Gasteiger partial charge in [-0.15, -0.1) is 0 Å². The minimum atomic E-state index is -5.26. The number of anilines is 1. The Morgan fingerprint density at radius 1 is 1.14 bits per heavy atom. The number of non-ortho nitro benzene ring substituents is 1. The zero-order chi connectivity index (χ0) is 26.9. The van der Waals surface area contributed by atoms with Crippen molar-refractivity contribution in [2.24, 2.45) is 7.05 Å². The van der Waals surface area contributed by atoms with Crippen molar-refractivity contribution in [3.05, 3.63) is 75.5 Å². The SMILES string of the molecule is CN1CC(NC(=O)C(F)(F)F)(C2=C(c3cn(C)c4cc([N+](=O)[O-])ccc34)C(=O)NC2=O)c2ccccc21. The third kappa shape index (κ3) is 3.53. The van der Waals surface area contributed by atoms with Crippen molar-refractivity contribution < 1.29 is 32.5 Å².